The molecule has 108 valence electrons. The summed E-state index contributed by atoms with van der Waals surface area (Å²) >= 11 is 0. The number of hydrogen-bond donors (Lipinski definition) is 1. The van der Waals surface area contributed by atoms with Gasteiger partial charge in [0.1, 0.15) is 5.60 Å². The maximum atomic E-state index is 6.49. The average Bonchev–Trinajstić information content (AvgIpc) is 2.56. The third-order valence-corrected chi connectivity index (χ3v) is 5.03. The molecular formula is C19H21NO. The Balaban J connectivity index is 1.88. The fraction of sp³-hybridized carbons (Fsp3) is 0.368. The molecule has 0 saturated heterocycles. The lowest BCUT2D eigenvalue weighted by molar-refractivity contribution is -0.0370. The number of benzene rings is 2. The highest BCUT2D eigenvalue weighted by Gasteiger charge is 2.48. The molecule has 0 aliphatic heterocycles. The fourth-order valence-electron chi connectivity index (χ4n) is 4.13. The minimum Gasteiger partial charge on any atom is -0.364 e. The number of ether oxygens (including phenoxy) is 1. The van der Waals surface area contributed by atoms with Crippen LogP contribution in [0, 0.1) is 0 Å². The number of rotatable bonds is 4. The van der Waals surface area contributed by atoms with Gasteiger partial charge in [-0.2, -0.15) is 0 Å². The van der Waals surface area contributed by atoms with E-state index in [0.717, 1.165) is 19.6 Å². The van der Waals surface area contributed by atoms with Crippen molar-refractivity contribution in [3.05, 3.63) is 70.8 Å². The van der Waals surface area contributed by atoms with Crippen LogP contribution in [0.5, 0.6) is 0 Å². The molecular weight excluding hydrogens is 258 g/mol. The molecule has 3 aliphatic carbocycles. The third-order valence-electron chi connectivity index (χ3n) is 5.03. The molecule has 2 aromatic carbocycles. The van der Waals surface area contributed by atoms with Crippen molar-refractivity contribution in [3.8, 4) is 0 Å². The summed E-state index contributed by atoms with van der Waals surface area (Å²) in [5.41, 5.74) is 5.46. The van der Waals surface area contributed by atoms with Crippen LogP contribution in [-0.4, -0.2) is 20.2 Å². The predicted octanol–water partition coefficient (Wildman–Crippen LogP) is 3.41. The van der Waals surface area contributed by atoms with Gasteiger partial charge in [0, 0.05) is 12.5 Å². The van der Waals surface area contributed by atoms with Gasteiger partial charge in [-0.25, -0.2) is 0 Å². The van der Waals surface area contributed by atoms with Gasteiger partial charge >= 0.3 is 0 Å². The van der Waals surface area contributed by atoms with E-state index in [2.05, 4.69) is 53.8 Å². The molecule has 1 N–H and O–H groups in total. The Labute approximate surface area is 126 Å². The predicted molar refractivity (Wildman–Crippen MR) is 84.6 cm³/mol. The lowest BCUT2D eigenvalue weighted by Gasteiger charge is -2.49. The smallest absolute Gasteiger partial charge is 0.119 e. The number of hydrogen-bond acceptors (Lipinski definition) is 2. The Hall–Kier alpha value is -1.64. The zero-order valence-electron chi connectivity index (χ0n) is 12.4. The molecule has 21 heavy (non-hydrogen) atoms. The second-order valence-corrected chi connectivity index (χ2v) is 6.04. The van der Waals surface area contributed by atoms with E-state index in [4.69, 9.17) is 4.74 Å². The molecule has 0 amide bonds. The van der Waals surface area contributed by atoms with Gasteiger partial charge in [-0.3, -0.25) is 0 Å². The monoisotopic (exact) mass is 279 g/mol. The van der Waals surface area contributed by atoms with Gasteiger partial charge in [0.05, 0.1) is 6.61 Å². The minimum absolute atomic E-state index is 0.237. The Morgan fingerprint density at radius 3 is 2.29 bits per heavy atom. The molecule has 0 atom stereocenters. The molecule has 2 heteroatoms. The highest BCUT2D eigenvalue weighted by Crippen LogP contribution is 2.56. The van der Waals surface area contributed by atoms with Gasteiger partial charge in [-0.05, 0) is 42.1 Å². The van der Waals surface area contributed by atoms with E-state index < -0.39 is 0 Å². The van der Waals surface area contributed by atoms with Crippen LogP contribution >= 0.6 is 0 Å². The van der Waals surface area contributed by atoms with Crippen LogP contribution in [0.25, 0.3) is 0 Å². The van der Waals surface area contributed by atoms with Crippen LogP contribution < -0.4 is 5.32 Å². The van der Waals surface area contributed by atoms with E-state index in [1.807, 2.05) is 7.05 Å². The van der Waals surface area contributed by atoms with Crippen molar-refractivity contribution >= 4 is 0 Å². The topological polar surface area (TPSA) is 21.3 Å². The van der Waals surface area contributed by atoms with Crippen molar-refractivity contribution in [2.75, 3.05) is 20.2 Å². The Morgan fingerprint density at radius 1 is 1.05 bits per heavy atom. The molecule has 0 fully saturated rings. The molecule has 2 bridgehead atoms. The average molecular weight is 279 g/mol. The molecule has 0 unspecified atom stereocenters. The summed E-state index contributed by atoms with van der Waals surface area (Å²) in [4.78, 5) is 0. The summed E-state index contributed by atoms with van der Waals surface area (Å²) in [6, 6.07) is 17.7. The molecule has 0 spiro atoms. The van der Waals surface area contributed by atoms with Crippen LogP contribution in [0.4, 0.5) is 0 Å². The first-order valence-corrected chi connectivity index (χ1v) is 7.84. The van der Waals surface area contributed by atoms with E-state index in [-0.39, 0.29) is 5.60 Å². The van der Waals surface area contributed by atoms with Crippen molar-refractivity contribution in [2.45, 2.75) is 24.4 Å². The fourth-order valence-corrected chi connectivity index (χ4v) is 4.13. The SMILES string of the molecule is CNCCOC12CCC(c3ccccc31)c1ccccc12. The summed E-state index contributed by atoms with van der Waals surface area (Å²) in [6.45, 7) is 1.62. The van der Waals surface area contributed by atoms with Crippen molar-refractivity contribution in [1.29, 1.82) is 0 Å². The highest BCUT2D eigenvalue weighted by atomic mass is 16.5. The minimum atomic E-state index is -0.237. The maximum Gasteiger partial charge on any atom is 0.119 e. The van der Waals surface area contributed by atoms with E-state index in [1.54, 1.807) is 0 Å². The molecule has 5 rings (SSSR count). The van der Waals surface area contributed by atoms with Crippen LogP contribution in [0.2, 0.25) is 0 Å². The zero-order valence-corrected chi connectivity index (χ0v) is 12.4. The number of likely N-dealkylation sites (N-methyl/N-ethyl adjacent to an activating group) is 1. The van der Waals surface area contributed by atoms with Crippen molar-refractivity contribution < 1.29 is 4.74 Å². The third kappa shape index (κ3) is 1.79. The Kier molecular flexibility index (Phi) is 3.09. The van der Waals surface area contributed by atoms with Crippen molar-refractivity contribution in [1.82, 2.24) is 5.32 Å². The molecule has 0 aromatic heterocycles. The summed E-state index contributed by atoms with van der Waals surface area (Å²) in [5.74, 6) is 0.548. The summed E-state index contributed by atoms with van der Waals surface area (Å²) in [6.07, 6.45) is 2.28. The zero-order chi connectivity index (χ0) is 14.3. The standard InChI is InChI=1S/C19H21NO/c1-20-12-13-21-19-11-10-14(15-6-2-4-8-17(15)19)16-7-3-5-9-18(16)19/h2-9,14,20H,10-13H2,1H3. The number of fused-ring (bicyclic) bond motifs is 1. The molecule has 3 aliphatic rings. The van der Waals surface area contributed by atoms with Gasteiger partial charge < -0.3 is 10.1 Å². The van der Waals surface area contributed by atoms with Gasteiger partial charge in [0.25, 0.3) is 0 Å². The van der Waals surface area contributed by atoms with Gasteiger partial charge in [-0.1, -0.05) is 48.5 Å². The second kappa shape index (κ2) is 4.97. The first-order chi connectivity index (χ1) is 10.4. The number of nitrogens with one attached hydrogen (secondary N) is 1. The molecule has 2 nitrogen and oxygen atoms in total. The van der Waals surface area contributed by atoms with Crippen molar-refractivity contribution in [2.24, 2.45) is 0 Å². The van der Waals surface area contributed by atoms with E-state index >= 15 is 0 Å². The van der Waals surface area contributed by atoms with Gasteiger partial charge in [0.15, 0.2) is 0 Å². The lowest BCUT2D eigenvalue weighted by atomic mass is 9.61. The maximum absolute atomic E-state index is 6.49. The van der Waals surface area contributed by atoms with Crippen LogP contribution in [0.3, 0.4) is 0 Å². The van der Waals surface area contributed by atoms with E-state index in [0.29, 0.717) is 5.92 Å². The molecule has 2 aromatic rings. The lowest BCUT2D eigenvalue weighted by Crippen LogP contribution is -2.43. The highest BCUT2D eigenvalue weighted by molar-refractivity contribution is 5.57. The first kappa shape index (κ1) is 13.1. The summed E-state index contributed by atoms with van der Waals surface area (Å²) in [7, 11) is 1.97. The largest absolute Gasteiger partial charge is 0.364 e. The van der Waals surface area contributed by atoms with Gasteiger partial charge in [0.2, 0.25) is 0 Å². The quantitative estimate of drug-likeness (QED) is 0.866. The van der Waals surface area contributed by atoms with Crippen LogP contribution in [0.1, 0.15) is 41.0 Å². The van der Waals surface area contributed by atoms with E-state index in [9.17, 15) is 0 Å². The second-order valence-electron chi connectivity index (χ2n) is 6.04. The Bertz CT molecular complexity index is 617. The van der Waals surface area contributed by atoms with Crippen molar-refractivity contribution in [3.63, 3.8) is 0 Å². The normalized spacial score (nSPS) is 25.5. The first-order valence-electron chi connectivity index (χ1n) is 7.84. The molecule has 0 radical (unpaired) electrons. The van der Waals surface area contributed by atoms with Gasteiger partial charge in [-0.15, -0.1) is 0 Å². The summed E-state index contributed by atoms with van der Waals surface area (Å²) in [5, 5.41) is 3.18. The Morgan fingerprint density at radius 2 is 1.67 bits per heavy atom. The molecule has 0 saturated carbocycles. The molecule has 0 heterocycles. The van der Waals surface area contributed by atoms with E-state index in [1.165, 1.54) is 28.7 Å². The van der Waals surface area contributed by atoms with Crippen LogP contribution in [0.15, 0.2) is 48.5 Å². The summed E-state index contributed by atoms with van der Waals surface area (Å²) < 4.78 is 6.49. The van der Waals surface area contributed by atoms with Crippen LogP contribution in [-0.2, 0) is 10.3 Å².